The fourth-order valence-corrected chi connectivity index (χ4v) is 3.04. The van der Waals surface area contributed by atoms with Crippen LogP contribution in [0.3, 0.4) is 0 Å². The van der Waals surface area contributed by atoms with Crippen molar-refractivity contribution in [1.82, 2.24) is 10.6 Å². The van der Waals surface area contributed by atoms with Gasteiger partial charge in [-0.2, -0.15) is 0 Å². The van der Waals surface area contributed by atoms with Crippen LogP contribution < -0.4 is 16.4 Å². The number of nitrogens with one attached hydrogen (secondary N) is 2. The lowest BCUT2D eigenvalue weighted by Crippen LogP contribution is -2.43. The summed E-state index contributed by atoms with van der Waals surface area (Å²) in [7, 11) is 0. The predicted molar refractivity (Wildman–Crippen MR) is 101 cm³/mol. The minimum absolute atomic E-state index is 0.0172. The number of rotatable bonds is 8. The summed E-state index contributed by atoms with van der Waals surface area (Å²) >= 11 is 0. The van der Waals surface area contributed by atoms with E-state index >= 15 is 0 Å². The number of aliphatic hydroxyl groups is 1. The van der Waals surface area contributed by atoms with Crippen molar-refractivity contribution in [3.63, 3.8) is 0 Å². The van der Waals surface area contributed by atoms with Crippen LogP contribution in [0.15, 0.2) is 42.5 Å². The fourth-order valence-electron chi connectivity index (χ4n) is 3.04. The molecule has 0 spiro atoms. The van der Waals surface area contributed by atoms with Gasteiger partial charge in [-0.05, 0) is 44.6 Å². The van der Waals surface area contributed by atoms with Crippen molar-refractivity contribution >= 4 is 11.8 Å². The minimum atomic E-state index is -0.601. The zero-order valence-electron chi connectivity index (χ0n) is 15.2. The summed E-state index contributed by atoms with van der Waals surface area (Å²) in [4.78, 5) is 24.0. The smallest absolute Gasteiger partial charge is 0.243 e. The molecule has 5 N–H and O–H groups in total. The summed E-state index contributed by atoms with van der Waals surface area (Å²) in [6.45, 7) is 1.63. The van der Waals surface area contributed by atoms with E-state index in [-0.39, 0.29) is 30.0 Å². The van der Waals surface area contributed by atoms with Gasteiger partial charge in [-0.1, -0.05) is 36.4 Å². The lowest BCUT2D eigenvalue weighted by Gasteiger charge is -2.17. The van der Waals surface area contributed by atoms with E-state index in [1.54, 1.807) is 13.0 Å². The van der Waals surface area contributed by atoms with E-state index in [9.17, 15) is 14.7 Å². The molecule has 0 saturated heterocycles. The molecule has 1 aromatic carbocycles. The van der Waals surface area contributed by atoms with Gasteiger partial charge in [0.15, 0.2) is 0 Å². The number of aliphatic hydroxyl groups excluding tert-OH is 1. The maximum atomic E-state index is 12.1. The summed E-state index contributed by atoms with van der Waals surface area (Å²) in [6.07, 6.45) is 6.41. The number of hydrogen-bond acceptors (Lipinski definition) is 4. The maximum Gasteiger partial charge on any atom is 0.243 e. The second-order valence-electron chi connectivity index (χ2n) is 6.96. The van der Waals surface area contributed by atoms with Gasteiger partial charge in [0.2, 0.25) is 11.8 Å². The summed E-state index contributed by atoms with van der Waals surface area (Å²) < 4.78 is 0. The molecule has 2 rings (SSSR count). The van der Waals surface area contributed by atoms with Gasteiger partial charge in [-0.3, -0.25) is 9.59 Å². The molecule has 0 bridgehead atoms. The van der Waals surface area contributed by atoms with Gasteiger partial charge in [-0.25, -0.2) is 0 Å². The Morgan fingerprint density at radius 3 is 2.65 bits per heavy atom. The Morgan fingerprint density at radius 2 is 2.04 bits per heavy atom. The van der Waals surface area contributed by atoms with Crippen LogP contribution in [-0.4, -0.2) is 41.2 Å². The Bertz CT molecular complexity index is 616. The molecule has 26 heavy (non-hydrogen) atoms. The number of nitrogens with two attached hydrogens (primary N) is 1. The quantitative estimate of drug-likeness (QED) is 0.521. The van der Waals surface area contributed by atoms with Crippen molar-refractivity contribution in [2.24, 2.45) is 5.73 Å². The average Bonchev–Trinajstić information content (AvgIpc) is 3.02. The number of carbonyl (C=O) groups is 2. The fraction of sp³-hybridized carbons (Fsp3) is 0.500. The van der Waals surface area contributed by atoms with E-state index in [0.717, 1.165) is 19.3 Å². The lowest BCUT2D eigenvalue weighted by atomic mass is 10.0. The van der Waals surface area contributed by atoms with Gasteiger partial charge >= 0.3 is 0 Å². The van der Waals surface area contributed by atoms with Crippen molar-refractivity contribution in [3.8, 4) is 0 Å². The lowest BCUT2D eigenvalue weighted by molar-refractivity contribution is -0.122. The molecule has 0 aliphatic heterocycles. The molecular weight excluding hydrogens is 330 g/mol. The first kappa shape index (κ1) is 20.1. The molecule has 1 aliphatic rings. The number of hydrogen-bond donors (Lipinski definition) is 4. The van der Waals surface area contributed by atoms with Crippen LogP contribution in [0.5, 0.6) is 0 Å². The molecule has 0 heterocycles. The third-order valence-electron chi connectivity index (χ3n) is 4.56. The van der Waals surface area contributed by atoms with E-state index in [1.807, 2.05) is 30.3 Å². The molecule has 0 unspecified atom stereocenters. The van der Waals surface area contributed by atoms with Crippen molar-refractivity contribution in [3.05, 3.63) is 48.0 Å². The Labute approximate surface area is 154 Å². The van der Waals surface area contributed by atoms with Gasteiger partial charge < -0.3 is 21.5 Å². The second kappa shape index (κ2) is 10.1. The van der Waals surface area contributed by atoms with Gasteiger partial charge in [-0.15, -0.1) is 0 Å². The van der Waals surface area contributed by atoms with Crippen LogP contribution >= 0.6 is 0 Å². The van der Waals surface area contributed by atoms with Crippen molar-refractivity contribution < 1.29 is 14.7 Å². The molecule has 2 amide bonds. The Balaban J connectivity index is 1.91. The molecule has 1 fully saturated rings. The van der Waals surface area contributed by atoms with Crippen LogP contribution in [0.25, 0.3) is 0 Å². The summed E-state index contributed by atoms with van der Waals surface area (Å²) in [5.41, 5.74) is 6.80. The van der Waals surface area contributed by atoms with E-state index < -0.39 is 6.04 Å². The van der Waals surface area contributed by atoms with Crippen molar-refractivity contribution in [2.75, 3.05) is 0 Å². The third-order valence-corrected chi connectivity index (χ3v) is 4.56. The van der Waals surface area contributed by atoms with Gasteiger partial charge in [0.1, 0.15) is 0 Å². The first-order valence-corrected chi connectivity index (χ1v) is 9.20. The second-order valence-corrected chi connectivity index (χ2v) is 6.96. The van der Waals surface area contributed by atoms with Crippen molar-refractivity contribution in [1.29, 1.82) is 0 Å². The molecule has 142 valence electrons. The molecule has 1 aliphatic carbocycles. The molecule has 0 aromatic heterocycles. The molecule has 1 aromatic rings. The number of amides is 2. The van der Waals surface area contributed by atoms with E-state index in [2.05, 4.69) is 10.6 Å². The first-order chi connectivity index (χ1) is 12.4. The van der Waals surface area contributed by atoms with Crippen LogP contribution in [0.4, 0.5) is 0 Å². The summed E-state index contributed by atoms with van der Waals surface area (Å²) in [5.74, 6) is -0.448. The monoisotopic (exact) mass is 359 g/mol. The van der Waals surface area contributed by atoms with Gasteiger partial charge in [0.05, 0.1) is 12.1 Å². The topological polar surface area (TPSA) is 104 Å². The Hall–Kier alpha value is -2.18. The standard InChI is InChI=1S/C20H29N3O3/c1-14(21)20(26)23-16(8-7-15-5-3-2-4-6-15)10-12-19(25)22-17-9-11-18(24)13-17/h2-6,10,12,14,16-18,24H,7-9,11,13,21H2,1H3,(H,22,25)(H,23,26)/b12-10+/t14-,16-,17-,18-/m0/s1. The number of aryl methyl sites for hydroxylation is 1. The SMILES string of the molecule is C[C@H](N)C(=O)N[C@H](/C=C/C(=O)N[C@H]1CC[C@H](O)C1)CCc1ccccc1. The highest BCUT2D eigenvalue weighted by atomic mass is 16.3. The molecule has 4 atom stereocenters. The van der Waals surface area contributed by atoms with E-state index in [1.165, 1.54) is 11.6 Å². The minimum Gasteiger partial charge on any atom is -0.393 e. The summed E-state index contributed by atoms with van der Waals surface area (Å²) in [6, 6.07) is 9.13. The van der Waals surface area contributed by atoms with E-state index in [0.29, 0.717) is 12.8 Å². The van der Waals surface area contributed by atoms with Crippen LogP contribution in [-0.2, 0) is 16.0 Å². The third kappa shape index (κ3) is 6.98. The number of carbonyl (C=O) groups excluding carboxylic acids is 2. The largest absolute Gasteiger partial charge is 0.393 e. The average molecular weight is 359 g/mol. The van der Waals surface area contributed by atoms with Crippen LogP contribution in [0.1, 0.15) is 38.2 Å². The highest BCUT2D eigenvalue weighted by Crippen LogP contribution is 2.18. The molecular formula is C20H29N3O3. The molecule has 1 saturated carbocycles. The molecule has 0 radical (unpaired) electrons. The zero-order valence-corrected chi connectivity index (χ0v) is 15.2. The van der Waals surface area contributed by atoms with Gasteiger partial charge in [0, 0.05) is 18.2 Å². The predicted octanol–water partition coefficient (Wildman–Crippen LogP) is 1.04. The van der Waals surface area contributed by atoms with Crippen molar-refractivity contribution in [2.45, 2.75) is 63.3 Å². The normalized spacial score (nSPS) is 22.1. The number of benzene rings is 1. The Morgan fingerprint density at radius 1 is 1.31 bits per heavy atom. The highest BCUT2D eigenvalue weighted by Gasteiger charge is 2.23. The van der Waals surface area contributed by atoms with E-state index in [4.69, 9.17) is 5.73 Å². The Kier molecular flexibility index (Phi) is 7.81. The van der Waals surface area contributed by atoms with Crippen LogP contribution in [0.2, 0.25) is 0 Å². The summed E-state index contributed by atoms with van der Waals surface area (Å²) in [5, 5.41) is 15.3. The van der Waals surface area contributed by atoms with Crippen LogP contribution in [0, 0.1) is 0 Å². The first-order valence-electron chi connectivity index (χ1n) is 9.20. The highest BCUT2D eigenvalue weighted by molar-refractivity contribution is 5.88. The zero-order chi connectivity index (χ0) is 18.9. The van der Waals surface area contributed by atoms with Gasteiger partial charge in [0.25, 0.3) is 0 Å². The molecule has 6 heteroatoms. The molecule has 6 nitrogen and oxygen atoms in total. The maximum absolute atomic E-state index is 12.1.